The number of halogens is 1. The van der Waals surface area contributed by atoms with E-state index in [-0.39, 0.29) is 11.9 Å². The molecular formula is C15H20ClNO2. The molecule has 1 amide bonds. The van der Waals surface area contributed by atoms with Gasteiger partial charge in [-0.1, -0.05) is 6.07 Å². The van der Waals surface area contributed by atoms with Crippen molar-refractivity contribution in [3.05, 3.63) is 29.3 Å². The van der Waals surface area contributed by atoms with E-state index in [1.165, 1.54) is 0 Å². The molecule has 0 aromatic heterocycles. The first kappa shape index (κ1) is 14.2. The lowest BCUT2D eigenvalue weighted by Gasteiger charge is -2.34. The summed E-state index contributed by atoms with van der Waals surface area (Å²) in [5, 5.41) is 0. The molecule has 0 bridgehead atoms. The van der Waals surface area contributed by atoms with Gasteiger partial charge in [0.15, 0.2) is 0 Å². The van der Waals surface area contributed by atoms with Crippen molar-refractivity contribution in [3.8, 4) is 5.75 Å². The molecule has 1 aliphatic rings. The Labute approximate surface area is 119 Å². The largest absolute Gasteiger partial charge is 0.496 e. The SMILES string of the molecule is COc1cc(C(=O)N2CCCCC2CCl)ccc1C. The van der Waals surface area contributed by atoms with E-state index in [4.69, 9.17) is 16.3 Å². The lowest BCUT2D eigenvalue weighted by molar-refractivity contribution is 0.0639. The number of benzene rings is 1. The number of rotatable bonds is 3. The van der Waals surface area contributed by atoms with Crippen molar-refractivity contribution in [2.24, 2.45) is 0 Å². The second kappa shape index (κ2) is 6.29. The molecule has 1 saturated heterocycles. The van der Waals surface area contributed by atoms with E-state index in [9.17, 15) is 4.79 Å². The molecule has 1 aromatic rings. The molecule has 104 valence electrons. The van der Waals surface area contributed by atoms with Crippen LogP contribution in [0.4, 0.5) is 0 Å². The molecule has 2 rings (SSSR count). The van der Waals surface area contributed by atoms with Crippen molar-refractivity contribution < 1.29 is 9.53 Å². The predicted molar refractivity (Wildman–Crippen MR) is 77.1 cm³/mol. The Balaban J connectivity index is 2.22. The van der Waals surface area contributed by atoms with Crippen LogP contribution in [0.15, 0.2) is 18.2 Å². The van der Waals surface area contributed by atoms with Crippen LogP contribution in [0.3, 0.4) is 0 Å². The van der Waals surface area contributed by atoms with Crippen molar-refractivity contribution in [2.45, 2.75) is 32.2 Å². The Morgan fingerprint density at radius 1 is 1.47 bits per heavy atom. The first-order valence-corrected chi connectivity index (χ1v) is 7.22. The maximum absolute atomic E-state index is 12.6. The lowest BCUT2D eigenvalue weighted by atomic mass is 10.0. The Morgan fingerprint density at radius 3 is 2.95 bits per heavy atom. The Bertz CT molecular complexity index is 461. The number of hydrogen-bond acceptors (Lipinski definition) is 2. The van der Waals surface area contributed by atoms with E-state index in [1.807, 2.05) is 30.0 Å². The molecule has 0 spiro atoms. The number of ether oxygens (including phenoxy) is 1. The van der Waals surface area contributed by atoms with Crippen molar-refractivity contribution in [2.75, 3.05) is 19.5 Å². The molecule has 1 heterocycles. The third-order valence-electron chi connectivity index (χ3n) is 3.72. The average Bonchev–Trinajstić information content (AvgIpc) is 2.47. The number of methoxy groups -OCH3 is 1. The van der Waals surface area contributed by atoms with Gasteiger partial charge in [-0.2, -0.15) is 0 Å². The number of carbonyl (C=O) groups excluding carboxylic acids is 1. The van der Waals surface area contributed by atoms with E-state index in [2.05, 4.69) is 0 Å². The van der Waals surface area contributed by atoms with Gasteiger partial charge in [0.2, 0.25) is 0 Å². The molecule has 1 fully saturated rings. The van der Waals surface area contributed by atoms with Gasteiger partial charge < -0.3 is 9.64 Å². The van der Waals surface area contributed by atoms with Crippen LogP contribution < -0.4 is 4.74 Å². The molecule has 0 saturated carbocycles. The van der Waals surface area contributed by atoms with Gasteiger partial charge in [0.25, 0.3) is 5.91 Å². The van der Waals surface area contributed by atoms with Crippen molar-refractivity contribution in [1.82, 2.24) is 4.90 Å². The van der Waals surface area contributed by atoms with Gasteiger partial charge in [-0.15, -0.1) is 11.6 Å². The summed E-state index contributed by atoms with van der Waals surface area (Å²) in [5.41, 5.74) is 1.71. The van der Waals surface area contributed by atoms with Crippen molar-refractivity contribution in [1.29, 1.82) is 0 Å². The summed E-state index contributed by atoms with van der Waals surface area (Å²) in [6.07, 6.45) is 3.21. The molecule has 1 atom stereocenters. The highest BCUT2D eigenvalue weighted by Gasteiger charge is 2.27. The number of piperidine rings is 1. The predicted octanol–water partition coefficient (Wildman–Crippen LogP) is 3.24. The summed E-state index contributed by atoms with van der Waals surface area (Å²) in [5.74, 6) is 1.32. The maximum atomic E-state index is 12.6. The smallest absolute Gasteiger partial charge is 0.254 e. The van der Waals surface area contributed by atoms with Gasteiger partial charge in [-0.3, -0.25) is 4.79 Å². The van der Waals surface area contributed by atoms with Crippen LogP contribution in [0.5, 0.6) is 5.75 Å². The molecule has 1 aliphatic heterocycles. The molecule has 0 radical (unpaired) electrons. The summed E-state index contributed by atoms with van der Waals surface area (Å²) in [7, 11) is 1.62. The summed E-state index contributed by atoms with van der Waals surface area (Å²) < 4.78 is 5.28. The molecule has 19 heavy (non-hydrogen) atoms. The number of aryl methyl sites for hydroxylation is 1. The van der Waals surface area contributed by atoms with Gasteiger partial charge in [-0.25, -0.2) is 0 Å². The van der Waals surface area contributed by atoms with Gasteiger partial charge in [0.1, 0.15) is 5.75 Å². The monoisotopic (exact) mass is 281 g/mol. The van der Waals surface area contributed by atoms with Crippen LogP contribution >= 0.6 is 11.6 Å². The first-order valence-electron chi connectivity index (χ1n) is 6.69. The fourth-order valence-corrected chi connectivity index (χ4v) is 2.87. The minimum atomic E-state index is 0.0589. The lowest BCUT2D eigenvalue weighted by Crippen LogP contribution is -2.44. The van der Waals surface area contributed by atoms with Gasteiger partial charge in [-0.05, 0) is 43.9 Å². The molecule has 4 heteroatoms. The first-order chi connectivity index (χ1) is 9.17. The third-order valence-corrected chi connectivity index (χ3v) is 4.08. The Morgan fingerprint density at radius 2 is 2.26 bits per heavy atom. The molecule has 1 unspecified atom stereocenters. The standard InChI is InChI=1S/C15H20ClNO2/c1-11-6-7-12(9-14(11)19-2)15(18)17-8-4-3-5-13(17)10-16/h6-7,9,13H,3-5,8,10H2,1-2H3. The van der Waals surface area contributed by atoms with Crippen LogP contribution in [0.1, 0.15) is 35.2 Å². The van der Waals surface area contributed by atoms with Gasteiger partial charge in [0.05, 0.1) is 7.11 Å². The number of likely N-dealkylation sites (tertiary alicyclic amines) is 1. The van der Waals surface area contributed by atoms with Gasteiger partial charge >= 0.3 is 0 Å². The minimum absolute atomic E-state index is 0.0589. The molecule has 0 N–H and O–H groups in total. The van der Waals surface area contributed by atoms with Crippen molar-refractivity contribution >= 4 is 17.5 Å². The number of carbonyl (C=O) groups is 1. The Kier molecular flexibility index (Phi) is 4.70. The summed E-state index contributed by atoms with van der Waals surface area (Å²) in [6, 6.07) is 5.76. The second-order valence-corrected chi connectivity index (χ2v) is 5.30. The highest BCUT2D eigenvalue weighted by molar-refractivity contribution is 6.18. The van der Waals surface area contributed by atoms with Crippen LogP contribution in [0.25, 0.3) is 0 Å². The Hall–Kier alpha value is -1.22. The molecule has 1 aromatic carbocycles. The fraction of sp³-hybridized carbons (Fsp3) is 0.533. The van der Waals surface area contributed by atoms with Crippen LogP contribution in [-0.2, 0) is 0 Å². The topological polar surface area (TPSA) is 29.5 Å². The van der Waals surface area contributed by atoms with Crippen molar-refractivity contribution in [3.63, 3.8) is 0 Å². The zero-order valence-electron chi connectivity index (χ0n) is 11.5. The third kappa shape index (κ3) is 3.03. The minimum Gasteiger partial charge on any atom is -0.496 e. The number of hydrogen-bond donors (Lipinski definition) is 0. The highest BCUT2D eigenvalue weighted by atomic mass is 35.5. The average molecular weight is 282 g/mol. The number of amides is 1. The van der Waals surface area contributed by atoms with E-state index in [0.717, 1.165) is 37.1 Å². The molecule has 0 aliphatic carbocycles. The normalized spacial score (nSPS) is 19.3. The molecule has 3 nitrogen and oxygen atoms in total. The second-order valence-electron chi connectivity index (χ2n) is 4.99. The summed E-state index contributed by atoms with van der Waals surface area (Å²) in [4.78, 5) is 14.5. The zero-order chi connectivity index (χ0) is 13.8. The number of alkyl halides is 1. The van der Waals surface area contributed by atoms with Crippen LogP contribution in [-0.4, -0.2) is 36.4 Å². The maximum Gasteiger partial charge on any atom is 0.254 e. The van der Waals surface area contributed by atoms with E-state index >= 15 is 0 Å². The highest BCUT2D eigenvalue weighted by Crippen LogP contribution is 2.24. The summed E-state index contributed by atoms with van der Waals surface area (Å²) in [6.45, 7) is 2.77. The van der Waals surface area contributed by atoms with E-state index < -0.39 is 0 Å². The van der Waals surface area contributed by atoms with E-state index in [0.29, 0.717) is 11.4 Å². The number of nitrogens with zero attached hydrogens (tertiary/aromatic N) is 1. The quantitative estimate of drug-likeness (QED) is 0.796. The molecular weight excluding hydrogens is 262 g/mol. The van der Waals surface area contributed by atoms with Crippen LogP contribution in [0.2, 0.25) is 0 Å². The van der Waals surface area contributed by atoms with E-state index in [1.54, 1.807) is 7.11 Å². The fourth-order valence-electron chi connectivity index (χ4n) is 2.55. The van der Waals surface area contributed by atoms with Gasteiger partial charge in [0, 0.05) is 24.0 Å². The summed E-state index contributed by atoms with van der Waals surface area (Å²) >= 11 is 5.97. The van der Waals surface area contributed by atoms with Crippen LogP contribution in [0, 0.1) is 6.92 Å². The zero-order valence-corrected chi connectivity index (χ0v) is 12.2.